The van der Waals surface area contributed by atoms with Crippen molar-refractivity contribution in [3.63, 3.8) is 0 Å². The van der Waals surface area contributed by atoms with E-state index in [0.29, 0.717) is 4.91 Å². The second-order valence-corrected chi connectivity index (χ2v) is 8.43. The summed E-state index contributed by atoms with van der Waals surface area (Å²) in [6.07, 6.45) is 1.37. The minimum absolute atomic E-state index is 0.296. The fraction of sp³-hybridized carbons (Fsp3) is 0.190. The number of thioether (sulfide) groups is 1. The largest absolute Gasteiger partial charge is 0.462 e. The summed E-state index contributed by atoms with van der Waals surface area (Å²) in [6, 6.07) is 17.8. The molecule has 2 aromatic carbocycles. The average molecular weight is 414 g/mol. The number of carbonyl (C=O) groups excluding carboxylic acids is 3. The molecule has 3 rings (SSSR count). The molecule has 1 heterocycles. The maximum absolute atomic E-state index is 12.5. The number of rotatable bonds is 6. The van der Waals surface area contributed by atoms with Crippen LogP contribution in [0.15, 0.2) is 69.3 Å². The Labute approximate surface area is 172 Å². The number of esters is 1. The van der Waals surface area contributed by atoms with Crippen LogP contribution in [-0.4, -0.2) is 34.7 Å². The average Bonchev–Trinajstić information content (AvgIpc) is 2.91. The van der Waals surface area contributed by atoms with Crippen LogP contribution in [0.2, 0.25) is 0 Å². The zero-order valence-electron chi connectivity index (χ0n) is 15.5. The van der Waals surface area contributed by atoms with Crippen molar-refractivity contribution in [1.29, 1.82) is 0 Å². The van der Waals surface area contributed by atoms with Gasteiger partial charge in [0.1, 0.15) is 6.54 Å². The first-order valence-corrected chi connectivity index (χ1v) is 10.3. The molecule has 7 heteroatoms. The summed E-state index contributed by atoms with van der Waals surface area (Å²) >= 11 is 2.48. The molecule has 2 amide bonds. The number of hydrogen-bond donors (Lipinski definition) is 0. The van der Waals surface area contributed by atoms with Gasteiger partial charge in [-0.2, -0.15) is 0 Å². The summed E-state index contributed by atoms with van der Waals surface area (Å²) in [5, 5.41) is -0.465. The summed E-state index contributed by atoms with van der Waals surface area (Å²) in [6.45, 7) is 3.06. The number of nitrogens with zero attached hydrogens (tertiary/aromatic N) is 1. The maximum Gasteiger partial charge on any atom is 0.326 e. The zero-order chi connectivity index (χ0) is 20.1. The molecule has 0 atom stereocenters. The molecule has 0 N–H and O–H groups in total. The molecule has 0 saturated carbocycles. The van der Waals surface area contributed by atoms with E-state index in [1.165, 1.54) is 0 Å². The van der Waals surface area contributed by atoms with Gasteiger partial charge >= 0.3 is 5.97 Å². The maximum atomic E-state index is 12.5. The molecule has 2 aromatic rings. The zero-order valence-corrected chi connectivity index (χ0v) is 17.1. The highest BCUT2D eigenvalue weighted by molar-refractivity contribution is 8.18. The highest BCUT2D eigenvalue weighted by atomic mass is 32.2. The molecule has 0 aliphatic carbocycles. The van der Waals surface area contributed by atoms with E-state index in [2.05, 4.69) is 0 Å². The van der Waals surface area contributed by atoms with Crippen LogP contribution in [0.5, 0.6) is 0 Å². The van der Waals surface area contributed by atoms with Gasteiger partial charge in [-0.05, 0) is 61.5 Å². The normalized spacial score (nSPS) is 15.5. The van der Waals surface area contributed by atoms with Crippen LogP contribution in [0.3, 0.4) is 0 Å². The van der Waals surface area contributed by atoms with Crippen LogP contribution in [0.1, 0.15) is 19.4 Å². The molecule has 144 valence electrons. The Hall–Kier alpha value is -2.51. The van der Waals surface area contributed by atoms with Crippen LogP contribution in [0.4, 0.5) is 4.79 Å². The van der Waals surface area contributed by atoms with Gasteiger partial charge < -0.3 is 4.74 Å². The van der Waals surface area contributed by atoms with Crippen molar-refractivity contribution in [3.05, 3.63) is 65.1 Å². The Morgan fingerprint density at radius 3 is 2.36 bits per heavy atom. The molecule has 0 bridgehead atoms. The van der Waals surface area contributed by atoms with Crippen LogP contribution in [0, 0.1) is 0 Å². The molecule has 1 aliphatic rings. The first kappa shape index (κ1) is 20.2. The Bertz CT molecular complexity index is 908. The quantitative estimate of drug-likeness (QED) is 0.499. The Morgan fingerprint density at radius 2 is 1.71 bits per heavy atom. The lowest BCUT2D eigenvalue weighted by atomic mass is 10.2. The van der Waals surface area contributed by atoms with Gasteiger partial charge in [-0.3, -0.25) is 19.3 Å². The number of benzene rings is 2. The van der Waals surface area contributed by atoms with Gasteiger partial charge in [0.05, 0.1) is 11.0 Å². The molecule has 0 unspecified atom stereocenters. The first-order chi connectivity index (χ1) is 13.4. The summed E-state index contributed by atoms with van der Waals surface area (Å²) in [5.41, 5.74) is 0.813. The Balaban J connectivity index is 1.67. The number of amides is 2. The van der Waals surface area contributed by atoms with E-state index >= 15 is 0 Å². The van der Waals surface area contributed by atoms with E-state index in [1.54, 1.807) is 31.7 Å². The van der Waals surface area contributed by atoms with E-state index < -0.39 is 17.1 Å². The Morgan fingerprint density at radius 1 is 1.07 bits per heavy atom. The smallest absolute Gasteiger partial charge is 0.326 e. The molecule has 1 fully saturated rings. The third-order valence-corrected chi connectivity index (χ3v) is 5.61. The van der Waals surface area contributed by atoms with Crippen molar-refractivity contribution >= 4 is 46.7 Å². The van der Waals surface area contributed by atoms with Gasteiger partial charge in [0, 0.05) is 9.79 Å². The third kappa shape index (κ3) is 5.27. The third-order valence-electron chi connectivity index (χ3n) is 3.68. The highest BCUT2D eigenvalue weighted by Crippen LogP contribution is 2.33. The monoisotopic (exact) mass is 413 g/mol. The Kier molecular flexibility index (Phi) is 6.59. The van der Waals surface area contributed by atoms with Crippen molar-refractivity contribution in [1.82, 2.24) is 4.90 Å². The van der Waals surface area contributed by atoms with Gasteiger partial charge in [0.25, 0.3) is 11.1 Å². The lowest BCUT2D eigenvalue weighted by Crippen LogP contribution is -2.35. The summed E-state index contributed by atoms with van der Waals surface area (Å²) in [5.74, 6) is -1.07. The predicted molar refractivity (Wildman–Crippen MR) is 111 cm³/mol. The van der Waals surface area contributed by atoms with Gasteiger partial charge in [0.15, 0.2) is 0 Å². The fourth-order valence-electron chi connectivity index (χ4n) is 2.47. The van der Waals surface area contributed by atoms with Crippen molar-refractivity contribution in [2.24, 2.45) is 0 Å². The first-order valence-electron chi connectivity index (χ1n) is 8.70. The standard InChI is InChI=1S/C21H19NO4S2/c1-14(2)26-19(23)13-22-20(24)18(28-21(22)25)12-15-8-10-17(11-9-15)27-16-6-4-3-5-7-16/h3-12,14H,13H2,1-2H3/b18-12+. The molecule has 5 nitrogen and oxygen atoms in total. The molecular weight excluding hydrogens is 394 g/mol. The van der Waals surface area contributed by atoms with E-state index in [1.807, 2.05) is 54.6 Å². The van der Waals surface area contributed by atoms with E-state index in [0.717, 1.165) is 32.0 Å². The number of imide groups is 1. The number of carbonyl (C=O) groups is 3. The van der Waals surface area contributed by atoms with Crippen molar-refractivity contribution in [2.75, 3.05) is 6.54 Å². The van der Waals surface area contributed by atoms with Crippen LogP contribution in [-0.2, 0) is 14.3 Å². The number of hydrogen-bond acceptors (Lipinski definition) is 6. The molecule has 1 saturated heterocycles. The molecule has 0 radical (unpaired) electrons. The molecule has 28 heavy (non-hydrogen) atoms. The molecule has 0 aromatic heterocycles. The minimum atomic E-state index is -0.596. The SMILES string of the molecule is CC(C)OC(=O)CN1C(=O)S/C(=C/c2ccc(Sc3ccccc3)cc2)C1=O. The van der Waals surface area contributed by atoms with E-state index in [4.69, 9.17) is 4.74 Å². The summed E-state index contributed by atoms with van der Waals surface area (Å²) in [7, 11) is 0. The van der Waals surface area contributed by atoms with Crippen molar-refractivity contribution < 1.29 is 19.1 Å². The van der Waals surface area contributed by atoms with Crippen molar-refractivity contribution in [2.45, 2.75) is 29.7 Å². The topological polar surface area (TPSA) is 63.7 Å². The van der Waals surface area contributed by atoms with Crippen LogP contribution < -0.4 is 0 Å². The minimum Gasteiger partial charge on any atom is -0.462 e. The van der Waals surface area contributed by atoms with Crippen molar-refractivity contribution in [3.8, 4) is 0 Å². The van der Waals surface area contributed by atoms with Crippen LogP contribution >= 0.6 is 23.5 Å². The lowest BCUT2D eigenvalue weighted by molar-refractivity contribution is -0.149. The molecule has 0 spiro atoms. The second-order valence-electron chi connectivity index (χ2n) is 6.29. The molecular formula is C21H19NO4S2. The fourth-order valence-corrected chi connectivity index (χ4v) is 4.15. The van der Waals surface area contributed by atoms with Gasteiger partial charge in [-0.25, -0.2) is 0 Å². The van der Waals surface area contributed by atoms with E-state index in [-0.39, 0.29) is 12.6 Å². The predicted octanol–water partition coefficient (Wildman–Crippen LogP) is 4.83. The van der Waals surface area contributed by atoms with Gasteiger partial charge in [0.2, 0.25) is 0 Å². The lowest BCUT2D eigenvalue weighted by Gasteiger charge is -2.13. The highest BCUT2D eigenvalue weighted by Gasteiger charge is 2.36. The van der Waals surface area contributed by atoms with Crippen LogP contribution in [0.25, 0.3) is 6.08 Å². The number of ether oxygens (including phenoxy) is 1. The van der Waals surface area contributed by atoms with Gasteiger partial charge in [-0.15, -0.1) is 0 Å². The van der Waals surface area contributed by atoms with E-state index in [9.17, 15) is 14.4 Å². The summed E-state index contributed by atoms with van der Waals surface area (Å²) in [4.78, 5) is 39.7. The molecule has 1 aliphatic heterocycles. The van der Waals surface area contributed by atoms with Gasteiger partial charge in [-0.1, -0.05) is 42.1 Å². The second kappa shape index (κ2) is 9.12. The summed E-state index contributed by atoms with van der Waals surface area (Å²) < 4.78 is 5.01.